The van der Waals surface area contributed by atoms with Crippen LogP contribution in [0.4, 0.5) is 4.39 Å². The lowest BCUT2D eigenvalue weighted by molar-refractivity contribution is 0.0447. The second-order valence-electron chi connectivity index (χ2n) is 6.26. The fraction of sp³-hybridized carbons (Fsp3) is 0.238. The van der Waals surface area contributed by atoms with Crippen molar-refractivity contribution in [3.05, 3.63) is 83.7 Å². The second-order valence-corrected chi connectivity index (χ2v) is 6.26. The van der Waals surface area contributed by atoms with Crippen molar-refractivity contribution in [3.8, 4) is 0 Å². The van der Waals surface area contributed by atoms with Gasteiger partial charge in [0.05, 0.1) is 17.8 Å². The van der Waals surface area contributed by atoms with Crippen LogP contribution in [-0.2, 0) is 4.84 Å². The van der Waals surface area contributed by atoms with E-state index in [4.69, 9.17) is 4.84 Å². The van der Waals surface area contributed by atoms with E-state index in [9.17, 15) is 9.18 Å². The van der Waals surface area contributed by atoms with Crippen LogP contribution in [0, 0.1) is 12.7 Å². The topological polar surface area (TPSA) is 41.9 Å². The van der Waals surface area contributed by atoms with Gasteiger partial charge in [-0.25, -0.2) is 4.39 Å². The van der Waals surface area contributed by atoms with Crippen LogP contribution in [-0.4, -0.2) is 35.7 Å². The highest BCUT2D eigenvalue weighted by Gasteiger charge is 2.28. The number of hydrogen-bond donors (Lipinski definition) is 0. The molecule has 1 aliphatic heterocycles. The van der Waals surface area contributed by atoms with Gasteiger partial charge in [-0.2, -0.15) is 0 Å². The molecule has 0 aliphatic carbocycles. The van der Waals surface area contributed by atoms with Crippen LogP contribution in [0.3, 0.4) is 0 Å². The number of halogens is 1. The Hall–Kier alpha value is -2.95. The summed E-state index contributed by atoms with van der Waals surface area (Å²) in [5.41, 5.74) is 3.09. The highest BCUT2D eigenvalue weighted by molar-refractivity contribution is 6.02. The Morgan fingerprint density at radius 1 is 1.31 bits per heavy atom. The van der Waals surface area contributed by atoms with Gasteiger partial charge < -0.3 is 9.74 Å². The molecule has 1 atom stereocenters. The average molecular weight is 352 g/mol. The maximum atomic E-state index is 14.0. The van der Waals surface area contributed by atoms with Crippen molar-refractivity contribution in [1.82, 2.24) is 4.90 Å². The van der Waals surface area contributed by atoms with E-state index in [2.05, 4.69) is 11.7 Å². The molecule has 0 N–H and O–H groups in total. The third-order valence-electron chi connectivity index (χ3n) is 4.35. The van der Waals surface area contributed by atoms with Gasteiger partial charge in [-0.05, 0) is 24.6 Å². The smallest absolute Gasteiger partial charge is 0.257 e. The summed E-state index contributed by atoms with van der Waals surface area (Å²) in [6.07, 6.45) is 1.96. The van der Waals surface area contributed by atoms with Crippen molar-refractivity contribution in [2.75, 3.05) is 13.1 Å². The van der Waals surface area contributed by atoms with Crippen LogP contribution in [0.15, 0.2) is 66.3 Å². The third kappa shape index (κ3) is 3.82. The molecule has 0 fully saturated rings. The first-order chi connectivity index (χ1) is 12.6. The molecule has 1 aliphatic rings. The summed E-state index contributed by atoms with van der Waals surface area (Å²) < 4.78 is 14.0. The van der Waals surface area contributed by atoms with Crippen LogP contribution < -0.4 is 0 Å². The maximum absolute atomic E-state index is 14.0. The monoisotopic (exact) mass is 352 g/mol. The highest BCUT2D eigenvalue weighted by Crippen LogP contribution is 2.21. The molecule has 26 heavy (non-hydrogen) atoms. The molecule has 0 unspecified atom stereocenters. The zero-order valence-electron chi connectivity index (χ0n) is 14.7. The Bertz CT molecular complexity index is 847. The van der Waals surface area contributed by atoms with Gasteiger partial charge in [0.15, 0.2) is 6.10 Å². The second kappa shape index (κ2) is 7.95. The normalized spacial score (nSPS) is 15.9. The summed E-state index contributed by atoms with van der Waals surface area (Å²) in [6.45, 7) is 6.35. The molecular formula is C21H21FN2O2. The molecule has 2 aromatic carbocycles. The van der Waals surface area contributed by atoms with E-state index in [1.165, 1.54) is 17.0 Å². The van der Waals surface area contributed by atoms with E-state index < -0.39 is 5.82 Å². The molecule has 0 spiro atoms. The Labute approximate surface area is 152 Å². The SMILES string of the molecule is C=CCN(C[C@@H]1CC(c2ccccc2C)=NO1)C(=O)c1ccccc1F. The molecule has 1 amide bonds. The number of nitrogens with zero attached hydrogens (tertiary/aromatic N) is 2. The van der Waals surface area contributed by atoms with Crippen LogP contribution in [0.25, 0.3) is 0 Å². The van der Waals surface area contributed by atoms with Gasteiger partial charge in [0.2, 0.25) is 0 Å². The van der Waals surface area contributed by atoms with E-state index in [0.29, 0.717) is 19.5 Å². The molecule has 4 nitrogen and oxygen atoms in total. The van der Waals surface area contributed by atoms with Gasteiger partial charge in [-0.1, -0.05) is 47.6 Å². The number of amides is 1. The number of carbonyl (C=O) groups is 1. The average Bonchev–Trinajstić information content (AvgIpc) is 3.10. The molecule has 0 radical (unpaired) electrons. The molecule has 5 heteroatoms. The Morgan fingerprint density at radius 3 is 2.77 bits per heavy atom. The highest BCUT2D eigenvalue weighted by atomic mass is 19.1. The standard InChI is InChI=1S/C21H21FN2O2/c1-3-12-24(21(25)18-10-6-7-11-19(18)22)14-16-13-20(23-26-16)17-9-5-4-8-15(17)2/h3-11,16H,1,12-14H2,2H3/t16-/m0/s1. The van der Waals surface area contributed by atoms with Gasteiger partial charge in [-0.15, -0.1) is 6.58 Å². The van der Waals surface area contributed by atoms with Crippen LogP contribution in [0.5, 0.6) is 0 Å². The van der Waals surface area contributed by atoms with E-state index in [1.807, 2.05) is 31.2 Å². The number of aryl methyl sites for hydroxylation is 1. The van der Waals surface area contributed by atoms with Gasteiger partial charge >= 0.3 is 0 Å². The molecule has 0 saturated heterocycles. The number of rotatable bonds is 6. The minimum Gasteiger partial charge on any atom is -0.390 e. The number of benzene rings is 2. The van der Waals surface area contributed by atoms with Crippen LogP contribution in [0.2, 0.25) is 0 Å². The molecule has 3 rings (SSSR count). The molecule has 1 heterocycles. The predicted molar refractivity (Wildman–Crippen MR) is 99.7 cm³/mol. The largest absolute Gasteiger partial charge is 0.390 e. The van der Waals surface area contributed by atoms with Gasteiger partial charge in [-0.3, -0.25) is 4.79 Å². The van der Waals surface area contributed by atoms with E-state index in [-0.39, 0.29) is 17.6 Å². The molecule has 0 bridgehead atoms. The quantitative estimate of drug-likeness (QED) is 0.739. The summed E-state index contributed by atoms with van der Waals surface area (Å²) >= 11 is 0. The first-order valence-electron chi connectivity index (χ1n) is 8.53. The third-order valence-corrected chi connectivity index (χ3v) is 4.35. The minimum absolute atomic E-state index is 0.0485. The first-order valence-corrected chi connectivity index (χ1v) is 8.53. The van der Waals surface area contributed by atoms with Crippen molar-refractivity contribution in [3.63, 3.8) is 0 Å². The summed E-state index contributed by atoms with van der Waals surface area (Å²) in [5.74, 6) is -0.910. The Morgan fingerprint density at radius 2 is 2.04 bits per heavy atom. The molecular weight excluding hydrogens is 331 g/mol. The lowest BCUT2D eigenvalue weighted by Gasteiger charge is -2.23. The molecule has 0 aromatic heterocycles. The summed E-state index contributed by atoms with van der Waals surface area (Å²) in [6, 6.07) is 13.9. The van der Waals surface area contributed by atoms with Gasteiger partial charge in [0.25, 0.3) is 5.91 Å². The lowest BCUT2D eigenvalue weighted by atomic mass is 10.00. The van der Waals surface area contributed by atoms with Gasteiger partial charge in [0, 0.05) is 18.5 Å². The number of hydrogen-bond acceptors (Lipinski definition) is 3. The number of oxime groups is 1. The number of carbonyl (C=O) groups excluding carboxylic acids is 1. The van der Waals surface area contributed by atoms with Gasteiger partial charge in [0.1, 0.15) is 5.82 Å². The first kappa shape index (κ1) is 17.9. The lowest BCUT2D eigenvalue weighted by Crippen LogP contribution is -2.38. The summed E-state index contributed by atoms with van der Waals surface area (Å²) in [5, 5.41) is 4.19. The van der Waals surface area contributed by atoms with Crippen molar-refractivity contribution < 1.29 is 14.0 Å². The fourth-order valence-corrected chi connectivity index (χ4v) is 3.03. The maximum Gasteiger partial charge on any atom is 0.257 e. The van der Waals surface area contributed by atoms with E-state index >= 15 is 0 Å². The van der Waals surface area contributed by atoms with E-state index in [0.717, 1.165) is 16.8 Å². The van der Waals surface area contributed by atoms with Crippen molar-refractivity contribution in [1.29, 1.82) is 0 Å². The van der Waals surface area contributed by atoms with Crippen LogP contribution in [0.1, 0.15) is 27.9 Å². The zero-order valence-corrected chi connectivity index (χ0v) is 14.7. The molecule has 2 aromatic rings. The van der Waals surface area contributed by atoms with Crippen molar-refractivity contribution in [2.45, 2.75) is 19.4 Å². The fourth-order valence-electron chi connectivity index (χ4n) is 3.03. The van der Waals surface area contributed by atoms with Crippen LogP contribution >= 0.6 is 0 Å². The summed E-state index contributed by atoms with van der Waals surface area (Å²) in [4.78, 5) is 19.8. The zero-order chi connectivity index (χ0) is 18.5. The van der Waals surface area contributed by atoms with E-state index in [1.54, 1.807) is 18.2 Å². The van der Waals surface area contributed by atoms with Crippen molar-refractivity contribution in [2.24, 2.45) is 5.16 Å². The Kier molecular flexibility index (Phi) is 5.46. The Balaban J connectivity index is 1.70. The minimum atomic E-state index is -0.532. The predicted octanol–water partition coefficient (Wildman–Crippen LogP) is 3.96. The summed E-state index contributed by atoms with van der Waals surface area (Å²) in [7, 11) is 0. The van der Waals surface area contributed by atoms with Crippen molar-refractivity contribution >= 4 is 11.6 Å². The molecule has 134 valence electrons. The molecule has 0 saturated carbocycles.